The van der Waals surface area contributed by atoms with E-state index in [4.69, 9.17) is 27.9 Å². The quantitative estimate of drug-likeness (QED) is 0.778. The first-order valence-corrected chi connectivity index (χ1v) is 5.20. The fraction of sp³-hybridized carbons (Fsp3) is 0.182. The lowest BCUT2D eigenvalue weighted by Gasteiger charge is -2.09. The Bertz CT molecular complexity index is 452. The minimum atomic E-state index is 0.519. The van der Waals surface area contributed by atoms with Crippen molar-refractivity contribution in [1.82, 2.24) is 0 Å². The van der Waals surface area contributed by atoms with Crippen LogP contribution in [0.4, 0.5) is 0 Å². The molecular formula is C11H9Cl2NO. The fourth-order valence-electron chi connectivity index (χ4n) is 1.45. The van der Waals surface area contributed by atoms with E-state index in [-0.39, 0.29) is 0 Å². The van der Waals surface area contributed by atoms with Crippen molar-refractivity contribution in [3.8, 4) is 5.75 Å². The second-order valence-corrected chi connectivity index (χ2v) is 3.96. The normalized spacial score (nSPS) is 14.2. The number of ether oxygens (including phenoxy) is 1. The molecule has 1 aromatic rings. The molecule has 0 atom stereocenters. The average molecular weight is 242 g/mol. The smallest absolute Gasteiger partial charge is 0.138 e. The summed E-state index contributed by atoms with van der Waals surface area (Å²) in [6.45, 7) is 0.657. The molecule has 2 nitrogen and oxygen atoms in total. The molecular weight excluding hydrogens is 233 g/mol. The first-order chi connectivity index (χ1) is 7.22. The Hall–Kier alpha value is -0.990. The first kappa shape index (κ1) is 10.5. The molecule has 0 aliphatic carbocycles. The molecule has 0 unspecified atom stereocenters. The van der Waals surface area contributed by atoms with Gasteiger partial charge in [-0.05, 0) is 23.8 Å². The summed E-state index contributed by atoms with van der Waals surface area (Å²) in [5, 5.41) is 1.14. The highest BCUT2D eigenvalue weighted by atomic mass is 35.5. The van der Waals surface area contributed by atoms with Gasteiger partial charge in [-0.2, -0.15) is 0 Å². The number of methoxy groups -OCH3 is 1. The van der Waals surface area contributed by atoms with Crippen molar-refractivity contribution in [3.05, 3.63) is 33.8 Å². The summed E-state index contributed by atoms with van der Waals surface area (Å²) >= 11 is 12.1. The van der Waals surface area contributed by atoms with Crippen LogP contribution in [-0.2, 0) is 0 Å². The molecule has 0 spiro atoms. The van der Waals surface area contributed by atoms with E-state index in [2.05, 4.69) is 4.99 Å². The summed E-state index contributed by atoms with van der Waals surface area (Å²) in [5.74, 6) is 0.629. The lowest BCUT2D eigenvalue weighted by atomic mass is 10.1. The lowest BCUT2D eigenvalue weighted by Crippen LogP contribution is -1.91. The zero-order valence-electron chi connectivity index (χ0n) is 8.13. The third-order valence-corrected chi connectivity index (χ3v) is 2.84. The Labute approximate surface area is 98.2 Å². The highest BCUT2D eigenvalue weighted by molar-refractivity contribution is 6.36. The van der Waals surface area contributed by atoms with E-state index < -0.39 is 0 Å². The van der Waals surface area contributed by atoms with Crippen molar-refractivity contribution in [3.63, 3.8) is 0 Å². The van der Waals surface area contributed by atoms with Crippen LogP contribution in [0.2, 0.25) is 10.0 Å². The van der Waals surface area contributed by atoms with Crippen LogP contribution < -0.4 is 4.74 Å². The van der Waals surface area contributed by atoms with E-state index in [1.54, 1.807) is 19.4 Å². The fourth-order valence-corrected chi connectivity index (χ4v) is 2.03. The predicted octanol–water partition coefficient (Wildman–Crippen LogP) is 3.47. The Morgan fingerprint density at radius 1 is 1.27 bits per heavy atom. The molecule has 0 bridgehead atoms. The standard InChI is InChI=1S/C11H9Cl2NO/c1-15-11-4-8(7-2-3-14-6-7)9(12)5-10(11)13/h2-5H,6H2,1H3. The number of nitrogens with zero attached hydrogens (tertiary/aromatic N) is 1. The van der Waals surface area contributed by atoms with E-state index in [0.29, 0.717) is 22.3 Å². The minimum absolute atomic E-state index is 0.519. The monoisotopic (exact) mass is 241 g/mol. The molecule has 1 aliphatic rings. The van der Waals surface area contributed by atoms with E-state index in [1.807, 2.05) is 12.1 Å². The van der Waals surface area contributed by atoms with Gasteiger partial charge in [0.25, 0.3) is 0 Å². The molecule has 0 radical (unpaired) electrons. The van der Waals surface area contributed by atoms with E-state index in [1.165, 1.54) is 0 Å². The number of aliphatic imine (C=N–C) groups is 1. The van der Waals surface area contributed by atoms with Crippen LogP contribution in [0.3, 0.4) is 0 Å². The molecule has 0 saturated heterocycles. The van der Waals surface area contributed by atoms with Gasteiger partial charge in [-0.3, -0.25) is 4.99 Å². The Morgan fingerprint density at radius 3 is 2.67 bits per heavy atom. The van der Waals surface area contributed by atoms with Crippen molar-refractivity contribution < 1.29 is 4.74 Å². The zero-order chi connectivity index (χ0) is 10.8. The lowest BCUT2D eigenvalue weighted by molar-refractivity contribution is 0.415. The Kier molecular flexibility index (Phi) is 2.98. The van der Waals surface area contributed by atoms with Crippen LogP contribution >= 0.6 is 23.2 Å². The topological polar surface area (TPSA) is 21.6 Å². The summed E-state index contributed by atoms with van der Waals surface area (Å²) in [6.07, 6.45) is 3.71. The molecule has 0 aromatic heterocycles. The van der Waals surface area contributed by atoms with E-state index >= 15 is 0 Å². The third-order valence-electron chi connectivity index (χ3n) is 2.23. The molecule has 1 aliphatic heterocycles. The number of hydrogen-bond acceptors (Lipinski definition) is 2. The van der Waals surface area contributed by atoms with Crippen molar-refractivity contribution in [2.24, 2.45) is 4.99 Å². The van der Waals surface area contributed by atoms with Crippen LogP contribution in [0.25, 0.3) is 5.57 Å². The van der Waals surface area contributed by atoms with Gasteiger partial charge in [0.05, 0.1) is 18.7 Å². The third kappa shape index (κ3) is 2.01. The molecule has 0 saturated carbocycles. The van der Waals surface area contributed by atoms with Crippen molar-refractivity contribution >= 4 is 35.0 Å². The van der Waals surface area contributed by atoms with Crippen LogP contribution in [0.15, 0.2) is 23.2 Å². The SMILES string of the molecule is COc1cc(C2=CC=NC2)c(Cl)cc1Cl. The first-order valence-electron chi connectivity index (χ1n) is 4.45. The number of rotatable bonds is 2. The second kappa shape index (κ2) is 4.25. The highest BCUT2D eigenvalue weighted by Gasteiger charge is 2.12. The average Bonchev–Trinajstić information content (AvgIpc) is 2.71. The maximum absolute atomic E-state index is 6.10. The summed E-state index contributed by atoms with van der Waals surface area (Å²) in [5.41, 5.74) is 2.00. The van der Waals surface area contributed by atoms with E-state index in [9.17, 15) is 0 Å². The van der Waals surface area contributed by atoms with Gasteiger partial charge in [0.2, 0.25) is 0 Å². The van der Waals surface area contributed by atoms with Gasteiger partial charge in [-0.1, -0.05) is 23.2 Å². The van der Waals surface area contributed by atoms with Crippen LogP contribution in [-0.4, -0.2) is 19.9 Å². The Morgan fingerprint density at radius 2 is 2.07 bits per heavy atom. The highest BCUT2D eigenvalue weighted by Crippen LogP contribution is 2.34. The Balaban J connectivity index is 2.47. The van der Waals surface area contributed by atoms with Gasteiger partial charge in [0.15, 0.2) is 0 Å². The number of benzene rings is 1. The van der Waals surface area contributed by atoms with Gasteiger partial charge < -0.3 is 4.74 Å². The number of hydrogen-bond donors (Lipinski definition) is 0. The molecule has 1 heterocycles. The van der Waals surface area contributed by atoms with E-state index in [0.717, 1.165) is 11.1 Å². The van der Waals surface area contributed by atoms with Crippen LogP contribution in [0, 0.1) is 0 Å². The van der Waals surface area contributed by atoms with Gasteiger partial charge >= 0.3 is 0 Å². The summed E-state index contributed by atoms with van der Waals surface area (Å²) in [7, 11) is 1.58. The predicted molar refractivity (Wildman–Crippen MR) is 64.4 cm³/mol. The van der Waals surface area contributed by atoms with Gasteiger partial charge in [0, 0.05) is 16.8 Å². The molecule has 2 rings (SSSR count). The molecule has 0 amide bonds. The molecule has 4 heteroatoms. The minimum Gasteiger partial charge on any atom is -0.495 e. The zero-order valence-corrected chi connectivity index (χ0v) is 9.64. The maximum atomic E-state index is 6.10. The molecule has 78 valence electrons. The molecule has 1 aromatic carbocycles. The van der Waals surface area contributed by atoms with Gasteiger partial charge in [-0.25, -0.2) is 0 Å². The summed E-state index contributed by atoms with van der Waals surface area (Å²) in [6, 6.07) is 3.53. The van der Waals surface area contributed by atoms with Crippen molar-refractivity contribution in [2.75, 3.05) is 13.7 Å². The van der Waals surface area contributed by atoms with Crippen LogP contribution in [0.5, 0.6) is 5.75 Å². The molecule has 0 fully saturated rings. The van der Waals surface area contributed by atoms with Gasteiger partial charge in [-0.15, -0.1) is 0 Å². The van der Waals surface area contributed by atoms with Gasteiger partial charge in [0.1, 0.15) is 5.75 Å². The number of allylic oxidation sites excluding steroid dienone is 1. The van der Waals surface area contributed by atoms with Crippen LogP contribution in [0.1, 0.15) is 5.56 Å². The molecule has 0 N–H and O–H groups in total. The summed E-state index contributed by atoms with van der Waals surface area (Å²) in [4.78, 5) is 4.11. The number of halogens is 2. The second-order valence-electron chi connectivity index (χ2n) is 3.15. The summed E-state index contributed by atoms with van der Waals surface area (Å²) < 4.78 is 5.14. The van der Waals surface area contributed by atoms with Crippen molar-refractivity contribution in [1.29, 1.82) is 0 Å². The largest absolute Gasteiger partial charge is 0.495 e. The molecule has 15 heavy (non-hydrogen) atoms. The maximum Gasteiger partial charge on any atom is 0.138 e. The van der Waals surface area contributed by atoms with Crippen molar-refractivity contribution in [2.45, 2.75) is 0 Å².